The lowest BCUT2D eigenvalue weighted by molar-refractivity contribution is 0.0274. The minimum Gasteiger partial charge on any atom is -0.444 e. The van der Waals surface area contributed by atoms with Gasteiger partial charge in [0.2, 0.25) is 0 Å². The van der Waals surface area contributed by atoms with Crippen LogP contribution in [0.3, 0.4) is 0 Å². The Labute approximate surface area is 92.8 Å². The fourth-order valence-corrected chi connectivity index (χ4v) is 1.17. The number of amides is 1. The smallest absolute Gasteiger partial charge is 0.410 e. The highest BCUT2D eigenvalue weighted by molar-refractivity contribution is 5.67. The molecule has 4 heteroatoms. The lowest BCUT2D eigenvalue weighted by Crippen LogP contribution is -2.38. The molecular weight excluding hydrogens is 192 g/mol. The molecule has 0 bridgehead atoms. The van der Waals surface area contributed by atoms with E-state index < -0.39 is 5.60 Å². The summed E-state index contributed by atoms with van der Waals surface area (Å²) in [5.41, 5.74) is 5.15. The molecule has 0 fully saturated rings. The molecule has 0 aliphatic heterocycles. The van der Waals surface area contributed by atoms with Gasteiger partial charge in [-0.05, 0) is 33.2 Å². The molecule has 0 aromatic rings. The fourth-order valence-electron chi connectivity index (χ4n) is 1.17. The second kappa shape index (κ2) is 5.95. The van der Waals surface area contributed by atoms with Gasteiger partial charge < -0.3 is 15.4 Å². The minimum atomic E-state index is -0.435. The largest absolute Gasteiger partial charge is 0.444 e. The van der Waals surface area contributed by atoms with Crippen LogP contribution in [-0.2, 0) is 4.74 Å². The van der Waals surface area contributed by atoms with Crippen molar-refractivity contribution in [2.75, 3.05) is 20.1 Å². The number of hydrogen-bond acceptors (Lipinski definition) is 3. The number of nitrogens with two attached hydrogens (primary N) is 1. The Hall–Kier alpha value is -0.770. The molecule has 15 heavy (non-hydrogen) atoms. The normalized spacial score (nSPS) is 13.5. The van der Waals surface area contributed by atoms with E-state index in [0.717, 1.165) is 6.42 Å². The summed E-state index contributed by atoms with van der Waals surface area (Å²) < 4.78 is 5.24. The summed E-state index contributed by atoms with van der Waals surface area (Å²) in [6.45, 7) is 8.91. The van der Waals surface area contributed by atoms with Crippen LogP contribution >= 0.6 is 0 Å². The van der Waals surface area contributed by atoms with Crippen LogP contribution in [0.1, 0.15) is 34.1 Å². The summed E-state index contributed by atoms with van der Waals surface area (Å²) in [5.74, 6) is 0.350. The van der Waals surface area contributed by atoms with Gasteiger partial charge in [0, 0.05) is 13.6 Å². The fraction of sp³-hybridized carbons (Fsp3) is 0.909. The predicted octanol–water partition coefficient (Wildman–Crippen LogP) is 1.84. The number of ether oxygens (including phenoxy) is 1. The van der Waals surface area contributed by atoms with Gasteiger partial charge >= 0.3 is 6.09 Å². The van der Waals surface area contributed by atoms with Gasteiger partial charge in [0.25, 0.3) is 0 Å². The zero-order valence-electron chi connectivity index (χ0n) is 10.5. The molecule has 1 amide bonds. The molecule has 0 aliphatic carbocycles. The lowest BCUT2D eigenvalue weighted by atomic mass is 10.1. The maximum Gasteiger partial charge on any atom is 0.410 e. The SMILES string of the molecule is CCC(CN)CN(C)C(=O)OC(C)(C)C. The van der Waals surface area contributed by atoms with Crippen LogP contribution in [0.2, 0.25) is 0 Å². The van der Waals surface area contributed by atoms with Crippen molar-refractivity contribution < 1.29 is 9.53 Å². The van der Waals surface area contributed by atoms with E-state index in [1.807, 2.05) is 20.8 Å². The Morgan fingerprint density at radius 3 is 2.33 bits per heavy atom. The number of hydrogen-bond donors (Lipinski definition) is 1. The van der Waals surface area contributed by atoms with E-state index in [1.165, 1.54) is 0 Å². The highest BCUT2D eigenvalue weighted by Gasteiger charge is 2.20. The summed E-state index contributed by atoms with van der Waals surface area (Å²) in [4.78, 5) is 13.2. The molecule has 2 N–H and O–H groups in total. The molecule has 0 saturated heterocycles. The Balaban J connectivity index is 4.09. The van der Waals surface area contributed by atoms with Crippen molar-refractivity contribution in [3.05, 3.63) is 0 Å². The molecule has 0 heterocycles. The van der Waals surface area contributed by atoms with Crippen molar-refractivity contribution in [2.24, 2.45) is 11.7 Å². The predicted molar refractivity (Wildman–Crippen MR) is 61.7 cm³/mol. The minimum absolute atomic E-state index is 0.283. The molecule has 1 atom stereocenters. The second-order valence-electron chi connectivity index (χ2n) is 4.87. The summed E-state index contributed by atoms with van der Waals surface area (Å²) in [6, 6.07) is 0. The molecule has 4 nitrogen and oxygen atoms in total. The standard InChI is InChI=1S/C11H24N2O2/c1-6-9(7-12)8-13(5)10(14)15-11(2,3)4/h9H,6-8,12H2,1-5H3. The third-order valence-corrected chi connectivity index (χ3v) is 2.15. The first kappa shape index (κ1) is 14.2. The molecule has 0 spiro atoms. The molecule has 0 aromatic carbocycles. The average molecular weight is 216 g/mol. The Kier molecular flexibility index (Phi) is 5.65. The maximum atomic E-state index is 11.6. The van der Waals surface area contributed by atoms with E-state index in [2.05, 4.69) is 6.92 Å². The quantitative estimate of drug-likeness (QED) is 0.780. The highest BCUT2D eigenvalue weighted by atomic mass is 16.6. The number of rotatable bonds is 4. The van der Waals surface area contributed by atoms with E-state index in [9.17, 15) is 4.79 Å². The highest BCUT2D eigenvalue weighted by Crippen LogP contribution is 2.10. The zero-order chi connectivity index (χ0) is 12.1. The molecule has 0 aliphatic rings. The molecule has 0 aromatic heterocycles. The average Bonchev–Trinajstić information content (AvgIpc) is 2.10. The first-order chi connectivity index (χ1) is 6.80. The number of nitrogens with zero attached hydrogens (tertiary/aromatic N) is 1. The van der Waals surface area contributed by atoms with Gasteiger partial charge in [0.1, 0.15) is 5.60 Å². The second-order valence-corrected chi connectivity index (χ2v) is 4.87. The van der Waals surface area contributed by atoms with Crippen LogP contribution in [0.5, 0.6) is 0 Å². The van der Waals surface area contributed by atoms with Crippen molar-refractivity contribution in [2.45, 2.75) is 39.7 Å². The van der Waals surface area contributed by atoms with Crippen LogP contribution in [0.25, 0.3) is 0 Å². The molecule has 90 valence electrons. The molecule has 0 rings (SSSR count). The van der Waals surface area contributed by atoms with Crippen LogP contribution < -0.4 is 5.73 Å². The molecule has 0 saturated carbocycles. The monoisotopic (exact) mass is 216 g/mol. The van der Waals surface area contributed by atoms with E-state index in [-0.39, 0.29) is 6.09 Å². The topological polar surface area (TPSA) is 55.6 Å². The Morgan fingerprint density at radius 2 is 2.00 bits per heavy atom. The van der Waals surface area contributed by atoms with Crippen molar-refractivity contribution in [1.82, 2.24) is 4.90 Å². The maximum absolute atomic E-state index is 11.6. The number of carbonyl (C=O) groups is 1. The van der Waals surface area contributed by atoms with Gasteiger partial charge in [-0.25, -0.2) is 4.79 Å². The molecule has 0 radical (unpaired) electrons. The van der Waals surface area contributed by atoms with Gasteiger partial charge in [-0.3, -0.25) is 0 Å². The van der Waals surface area contributed by atoms with Gasteiger partial charge in [-0.15, -0.1) is 0 Å². The van der Waals surface area contributed by atoms with Crippen molar-refractivity contribution >= 4 is 6.09 Å². The number of carbonyl (C=O) groups excluding carboxylic acids is 1. The summed E-state index contributed by atoms with van der Waals surface area (Å²) in [5, 5.41) is 0. The molecular formula is C11H24N2O2. The van der Waals surface area contributed by atoms with Crippen LogP contribution in [0, 0.1) is 5.92 Å². The van der Waals surface area contributed by atoms with Crippen LogP contribution in [0.15, 0.2) is 0 Å². The Morgan fingerprint density at radius 1 is 1.47 bits per heavy atom. The van der Waals surface area contributed by atoms with Crippen molar-refractivity contribution in [1.29, 1.82) is 0 Å². The van der Waals surface area contributed by atoms with E-state index in [4.69, 9.17) is 10.5 Å². The summed E-state index contributed by atoms with van der Waals surface area (Å²) in [7, 11) is 1.74. The van der Waals surface area contributed by atoms with Gasteiger partial charge in [-0.2, -0.15) is 0 Å². The van der Waals surface area contributed by atoms with Gasteiger partial charge in [-0.1, -0.05) is 13.3 Å². The van der Waals surface area contributed by atoms with Crippen molar-refractivity contribution in [3.8, 4) is 0 Å². The molecule has 1 unspecified atom stereocenters. The third kappa shape index (κ3) is 6.33. The first-order valence-corrected chi connectivity index (χ1v) is 5.44. The lowest BCUT2D eigenvalue weighted by Gasteiger charge is -2.26. The van der Waals surface area contributed by atoms with E-state index in [0.29, 0.717) is 19.0 Å². The third-order valence-electron chi connectivity index (χ3n) is 2.15. The van der Waals surface area contributed by atoms with Crippen LogP contribution in [-0.4, -0.2) is 36.7 Å². The summed E-state index contributed by atoms with van der Waals surface area (Å²) >= 11 is 0. The first-order valence-electron chi connectivity index (χ1n) is 5.44. The summed E-state index contributed by atoms with van der Waals surface area (Å²) in [6.07, 6.45) is 0.693. The van der Waals surface area contributed by atoms with Crippen molar-refractivity contribution in [3.63, 3.8) is 0 Å². The van der Waals surface area contributed by atoms with E-state index in [1.54, 1.807) is 11.9 Å². The van der Waals surface area contributed by atoms with Crippen LogP contribution in [0.4, 0.5) is 4.79 Å². The zero-order valence-corrected chi connectivity index (χ0v) is 10.5. The Bertz CT molecular complexity index is 195. The van der Waals surface area contributed by atoms with Gasteiger partial charge in [0.15, 0.2) is 0 Å². The van der Waals surface area contributed by atoms with E-state index >= 15 is 0 Å². The van der Waals surface area contributed by atoms with Gasteiger partial charge in [0.05, 0.1) is 0 Å².